The summed E-state index contributed by atoms with van der Waals surface area (Å²) in [5.74, 6) is 0.689. The Morgan fingerprint density at radius 1 is 1.35 bits per heavy atom. The first-order valence-corrected chi connectivity index (χ1v) is 6.53. The third-order valence-corrected chi connectivity index (χ3v) is 3.77. The number of pyridine rings is 1. The molecule has 1 aromatic rings. The highest BCUT2D eigenvalue weighted by molar-refractivity contribution is 5.72. The third-order valence-electron chi connectivity index (χ3n) is 3.77. The van der Waals surface area contributed by atoms with E-state index in [9.17, 15) is 4.79 Å². The molecule has 1 aliphatic heterocycles. The third kappa shape index (κ3) is 2.39. The van der Waals surface area contributed by atoms with Gasteiger partial charge in [0.25, 0.3) is 0 Å². The smallest absolute Gasteiger partial charge is 0.168 e. The molecule has 0 bridgehead atoms. The summed E-state index contributed by atoms with van der Waals surface area (Å²) in [6, 6.07) is 2.00. The molecule has 0 amide bonds. The lowest BCUT2D eigenvalue weighted by Gasteiger charge is -2.17. The van der Waals surface area contributed by atoms with E-state index >= 15 is 0 Å². The van der Waals surface area contributed by atoms with Crippen LogP contribution in [0.2, 0.25) is 0 Å². The fraction of sp³-hybridized carbons (Fsp3) is 0.571. The molecule has 3 rings (SSSR count). The van der Waals surface area contributed by atoms with E-state index in [0.29, 0.717) is 11.6 Å². The Bertz CT molecular complexity index is 420. The summed E-state index contributed by atoms with van der Waals surface area (Å²) < 4.78 is 0. The zero-order valence-electron chi connectivity index (χ0n) is 10.1. The molecule has 0 spiro atoms. The monoisotopic (exact) mass is 230 g/mol. The summed E-state index contributed by atoms with van der Waals surface area (Å²) in [5, 5.41) is 0. The summed E-state index contributed by atoms with van der Waals surface area (Å²) in [5.41, 5.74) is 3.28. The molecule has 17 heavy (non-hydrogen) atoms. The van der Waals surface area contributed by atoms with Gasteiger partial charge in [-0.15, -0.1) is 0 Å². The normalized spacial score (nSPS) is 20.7. The molecule has 3 nitrogen and oxygen atoms in total. The van der Waals surface area contributed by atoms with Crippen molar-refractivity contribution in [3.05, 3.63) is 29.1 Å². The minimum Gasteiger partial charge on any atom is -0.299 e. The predicted octanol–water partition coefficient (Wildman–Crippen LogP) is 2.37. The first kappa shape index (κ1) is 10.9. The lowest BCUT2D eigenvalue weighted by Crippen LogP contribution is -2.19. The largest absolute Gasteiger partial charge is 0.299 e. The molecule has 0 radical (unpaired) electrons. The molecule has 2 aliphatic rings. The number of aldehydes is 1. The first-order valence-electron chi connectivity index (χ1n) is 6.53. The summed E-state index contributed by atoms with van der Waals surface area (Å²) >= 11 is 0. The van der Waals surface area contributed by atoms with Gasteiger partial charge in [0.1, 0.15) is 5.69 Å². The van der Waals surface area contributed by atoms with E-state index in [4.69, 9.17) is 0 Å². The van der Waals surface area contributed by atoms with Crippen molar-refractivity contribution in [3.8, 4) is 0 Å². The summed E-state index contributed by atoms with van der Waals surface area (Å²) in [6.07, 6.45) is 7.95. The van der Waals surface area contributed by atoms with Gasteiger partial charge < -0.3 is 0 Å². The van der Waals surface area contributed by atoms with Crippen molar-refractivity contribution in [2.75, 3.05) is 13.1 Å². The van der Waals surface area contributed by atoms with E-state index in [1.807, 2.05) is 12.3 Å². The molecule has 1 aliphatic carbocycles. The van der Waals surface area contributed by atoms with Crippen molar-refractivity contribution in [1.82, 2.24) is 9.88 Å². The maximum absolute atomic E-state index is 10.8. The first-order chi connectivity index (χ1) is 8.36. The Kier molecular flexibility index (Phi) is 2.93. The van der Waals surface area contributed by atoms with E-state index in [1.54, 1.807) is 0 Å². The van der Waals surface area contributed by atoms with Crippen LogP contribution in [0.4, 0.5) is 0 Å². The minimum absolute atomic E-state index is 0.581. The zero-order chi connectivity index (χ0) is 11.7. The van der Waals surface area contributed by atoms with E-state index < -0.39 is 0 Å². The van der Waals surface area contributed by atoms with Gasteiger partial charge in [0.2, 0.25) is 0 Å². The highest BCUT2D eigenvalue weighted by atomic mass is 16.1. The molecule has 0 N–H and O–H groups in total. The van der Waals surface area contributed by atoms with Crippen LogP contribution >= 0.6 is 0 Å². The average molecular weight is 230 g/mol. The van der Waals surface area contributed by atoms with Crippen LogP contribution in [0, 0.1) is 0 Å². The van der Waals surface area contributed by atoms with E-state index in [-0.39, 0.29) is 0 Å². The molecule has 2 fully saturated rings. The van der Waals surface area contributed by atoms with Crippen LogP contribution < -0.4 is 0 Å². The molecule has 3 heteroatoms. The molecule has 1 saturated carbocycles. The van der Waals surface area contributed by atoms with Crippen molar-refractivity contribution in [1.29, 1.82) is 0 Å². The second kappa shape index (κ2) is 4.57. The summed E-state index contributed by atoms with van der Waals surface area (Å²) in [4.78, 5) is 17.5. The van der Waals surface area contributed by atoms with Crippen LogP contribution in [-0.2, 0) is 6.54 Å². The lowest BCUT2D eigenvalue weighted by molar-refractivity contribution is 0.111. The van der Waals surface area contributed by atoms with Crippen LogP contribution in [0.5, 0.6) is 0 Å². The van der Waals surface area contributed by atoms with Crippen LogP contribution in [0.15, 0.2) is 12.3 Å². The molecule has 0 unspecified atom stereocenters. The lowest BCUT2D eigenvalue weighted by atomic mass is 10.0. The zero-order valence-corrected chi connectivity index (χ0v) is 10.1. The molecule has 2 heterocycles. The van der Waals surface area contributed by atoms with Crippen LogP contribution in [0.3, 0.4) is 0 Å². The van der Waals surface area contributed by atoms with Gasteiger partial charge in [-0.25, -0.2) is 0 Å². The topological polar surface area (TPSA) is 33.2 Å². The Morgan fingerprint density at radius 2 is 2.12 bits per heavy atom. The van der Waals surface area contributed by atoms with Crippen LogP contribution in [-0.4, -0.2) is 29.3 Å². The van der Waals surface area contributed by atoms with Crippen molar-refractivity contribution < 1.29 is 4.79 Å². The van der Waals surface area contributed by atoms with E-state index in [2.05, 4.69) is 9.88 Å². The number of nitrogens with zero attached hydrogens (tertiary/aromatic N) is 2. The number of aromatic nitrogens is 1. The molecule has 1 saturated heterocycles. The van der Waals surface area contributed by atoms with Crippen molar-refractivity contribution >= 4 is 6.29 Å². The van der Waals surface area contributed by atoms with Gasteiger partial charge >= 0.3 is 0 Å². The van der Waals surface area contributed by atoms with Gasteiger partial charge in [-0.05, 0) is 61.9 Å². The maximum atomic E-state index is 10.8. The fourth-order valence-electron chi connectivity index (χ4n) is 2.67. The standard InChI is InChI=1S/C14H18N2O/c17-10-13-7-14(11-3-4-11)12(8-15-13)9-16-5-1-2-6-16/h7-8,10-11H,1-6,9H2. The number of hydrogen-bond donors (Lipinski definition) is 0. The number of carbonyl (C=O) groups excluding carboxylic acids is 1. The van der Waals surface area contributed by atoms with E-state index in [1.165, 1.54) is 49.9 Å². The van der Waals surface area contributed by atoms with Crippen LogP contribution in [0.25, 0.3) is 0 Å². The summed E-state index contributed by atoms with van der Waals surface area (Å²) in [6.45, 7) is 3.43. The quantitative estimate of drug-likeness (QED) is 0.744. The van der Waals surface area contributed by atoms with Crippen molar-refractivity contribution in [3.63, 3.8) is 0 Å². The van der Waals surface area contributed by atoms with Gasteiger partial charge in [-0.1, -0.05) is 0 Å². The molecule has 0 atom stereocenters. The van der Waals surface area contributed by atoms with Crippen molar-refractivity contribution in [2.45, 2.75) is 38.1 Å². The number of likely N-dealkylation sites (tertiary alicyclic amines) is 1. The molecular formula is C14H18N2O. The molecule has 0 aromatic carbocycles. The SMILES string of the molecule is O=Cc1cc(C2CC2)c(CN2CCCC2)cn1. The second-order valence-corrected chi connectivity index (χ2v) is 5.18. The molecule has 1 aromatic heterocycles. The van der Waals surface area contributed by atoms with Gasteiger partial charge in [-0.3, -0.25) is 14.7 Å². The fourth-order valence-corrected chi connectivity index (χ4v) is 2.67. The number of carbonyl (C=O) groups is 1. The average Bonchev–Trinajstić information content (AvgIpc) is 3.08. The highest BCUT2D eigenvalue weighted by Crippen LogP contribution is 2.42. The molecule has 90 valence electrons. The summed E-state index contributed by atoms with van der Waals surface area (Å²) in [7, 11) is 0. The van der Waals surface area contributed by atoms with Crippen molar-refractivity contribution in [2.24, 2.45) is 0 Å². The highest BCUT2D eigenvalue weighted by Gasteiger charge is 2.27. The predicted molar refractivity (Wildman–Crippen MR) is 66.1 cm³/mol. The Morgan fingerprint density at radius 3 is 2.76 bits per heavy atom. The van der Waals surface area contributed by atoms with Crippen LogP contribution in [0.1, 0.15) is 53.2 Å². The maximum Gasteiger partial charge on any atom is 0.168 e. The minimum atomic E-state index is 0.581. The van der Waals surface area contributed by atoms with Gasteiger partial charge in [0.05, 0.1) is 0 Å². The Labute approximate surface area is 102 Å². The van der Waals surface area contributed by atoms with E-state index in [0.717, 1.165) is 12.8 Å². The molecular weight excluding hydrogens is 212 g/mol. The number of rotatable bonds is 4. The van der Waals surface area contributed by atoms with Gasteiger partial charge in [-0.2, -0.15) is 0 Å². The van der Waals surface area contributed by atoms with Gasteiger partial charge in [0.15, 0.2) is 6.29 Å². The Hall–Kier alpha value is -1.22. The van der Waals surface area contributed by atoms with Gasteiger partial charge in [0, 0.05) is 12.7 Å². The second-order valence-electron chi connectivity index (χ2n) is 5.18. The number of hydrogen-bond acceptors (Lipinski definition) is 3. The Balaban J connectivity index is 1.83.